The van der Waals surface area contributed by atoms with Crippen LogP contribution in [0.25, 0.3) is 0 Å². The van der Waals surface area contributed by atoms with E-state index in [4.69, 9.17) is 0 Å². The average molecular weight is 437 g/mol. The second-order valence-electron chi connectivity index (χ2n) is 6.45. The second-order valence-corrected chi connectivity index (χ2v) is 9.21. The fourth-order valence-corrected chi connectivity index (χ4v) is 5.25. The molecule has 0 N–H and O–H groups in total. The fraction of sp³-hybridized carbons (Fsp3) is 0.316. The highest BCUT2D eigenvalue weighted by atomic mass is 79.9. The Bertz CT molecular complexity index is 936. The Labute approximate surface area is 162 Å². The lowest BCUT2D eigenvalue weighted by Crippen LogP contribution is -2.50. The van der Waals surface area contributed by atoms with Gasteiger partial charge in [-0.1, -0.05) is 24.3 Å². The number of rotatable bonds is 3. The number of hydrogen-bond acceptors (Lipinski definition) is 3. The Balaban J connectivity index is 1.75. The Hall–Kier alpha value is -1.70. The monoisotopic (exact) mass is 436 g/mol. The number of amides is 1. The van der Waals surface area contributed by atoms with Gasteiger partial charge in [-0.2, -0.15) is 4.31 Å². The molecular formula is C19H21BrN2O3S. The molecule has 2 aromatic rings. The van der Waals surface area contributed by atoms with E-state index in [1.165, 1.54) is 4.31 Å². The highest BCUT2D eigenvalue weighted by molar-refractivity contribution is 9.10. The number of aryl methyl sites for hydroxylation is 2. The van der Waals surface area contributed by atoms with E-state index in [0.717, 1.165) is 15.6 Å². The molecule has 2 aromatic carbocycles. The largest absolute Gasteiger partial charge is 0.336 e. The summed E-state index contributed by atoms with van der Waals surface area (Å²) in [7, 11) is -3.55. The van der Waals surface area contributed by atoms with Crippen molar-refractivity contribution in [3.8, 4) is 0 Å². The first-order valence-electron chi connectivity index (χ1n) is 8.42. The van der Waals surface area contributed by atoms with Gasteiger partial charge in [-0.25, -0.2) is 8.42 Å². The van der Waals surface area contributed by atoms with Gasteiger partial charge in [-0.05, 0) is 59.1 Å². The zero-order valence-electron chi connectivity index (χ0n) is 14.8. The highest BCUT2D eigenvalue weighted by Gasteiger charge is 2.31. The minimum absolute atomic E-state index is 0.0822. The molecule has 3 rings (SSSR count). The molecule has 0 saturated carbocycles. The Morgan fingerprint density at radius 1 is 1.00 bits per heavy atom. The van der Waals surface area contributed by atoms with E-state index in [0.29, 0.717) is 36.6 Å². The molecule has 0 unspecified atom stereocenters. The summed E-state index contributed by atoms with van der Waals surface area (Å²) in [6.07, 6.45) is 0. The van der Waals surface area contributed by atoms with Crippen molar-refractivity contribution in [2.24, 2.45) is 0 Å². The van der Waals surface area contributed by atoms with Gasteiger partial charge in [0.15, 0.2) is 0 Å². The van der Waals surface area contributed by atoms with Gasteiger partial charge in [-0.15, -0.1) is 0 Å². The predicted molar refractivity (Wildman–Crippen MR) is 105 cm³/mol. The normalized spacial score (nSPS) is 15.9. The van der Waals surface area contributed by atoms with Crippen molar-refractivity contribution in [1.82, 2.24) is 9.21 Å². The molecule has 0 bridgehead atoms. The maximum Gasteiger partial charge on any atom is 0.255 e. The van der Waals surface area contributed by atoms with E-state index in [2.05, 4.69) is 15.9 Å². The third kappa shape index (κ3) is 3.70. The van der Waals surface area contributed by atoms with E-state index < -0.39 is 10.0 Å². The lowest BCUT2D eigenvalue weighted by Gasteiger charge is -2.34. The number of nitrogens with zero attached hydrogens (tertiary/aromatic N) is 2. The molecule has 26 heavy (non-hydrogen) atoms. The number of halogens is 1. The second kappa shape index (κ2) is 7.50. The lowest BCUT2D eigenvalue weighted by atomic mass is 10.2. The number of hydrogen-bond donors (Lipinski definition) is 0. The molecule has 0 aliphatic carbocycles. The van der Waals surface area contributed by atoms with Crippen LogP contribution in [0.4, 0.5) is 0 Å². The van der Waals surface area contributed by atoms with Crippen LogP contribution in [0.5, 0.6) is 0 Å². The standard InChI is InChI=1S/C19H21BrN2O3S/c1-14-7-8-15(2)18(13-14)26(24,25)22-11-9-21(10-12-22)19(23)16-5-3-4-6-17(16)20/h3-8,13H,9-12H2,1-2H3. The fourth-order valence-electron chi connectivity index (χ4n) is 3.06. The van der Waals surface area contributed by atoms with Crippen LogP contribution in [0.15, 0.2) is 51.8 Å². The smallest absolute Gasteiger partial charge is 0.255 e. The molecule has 1 aliphatic rings. The molecule has 1 amide bonds. The maximum atomic E-state index is 13.0. The molecule has 0 atom stereocenters. The first-order valence-corrected chi connectivity index (χ1v) is 10.7. The average Bonchev–Trinajstić information content (AvgIpc) is 2.63. The van der Waals surface area contributed by atoms with Crippen LogP contribution < -0.4 is 0 Å². The van der Waals surface area contributed by atoms with Crippen molar-refractivity contribution in [2.45, 2.75) is 18.7 Å². The Kier molecular flexibility index (Phi) is 5.50. The summed E-state index contributed by atoms with van der Waals surface area (Å²) in [6, 6.07) is 12.7. The van der Waals surface area contributed by atoms with Crippen LogP contribution in [0.2, 0.25) is 0 Å². The third-order valence-electron chi connectivity index (χ3n) is 4.59. The van der Waals surface area contributed by atoms with Crippen molar-refractivity contribution < 1.29 is 13.2 Å². The van der Waals surface area contributed by atoms with Gasteiger partial charge >= 0.3 is 0 Å². The SMILES string of the molecule is Cc1ccc(C)c(S(=O)(=O)N2CCN(C(=O)c3ccccc3Br)CC2)c1. The summed E-state index contributed by atoms with van der Waals surface area (Å²) in [6.45, 7) is 5.04. The van der Waals surface area contributed by atoms with Gasteiger partial charge < -0.3 is 4.90 Å². The minimum Gasteiger partial charge on any atom is -0.336 e. The van der Waals surface area contributed by atoms with E-state index in [1.807, 2.05) is 37.3 Å². The summed E-state index contributed by atoms with van der Waals surface area (Å²) >= 11 is 3.40. The highest BCUT2D eigenvalue weighted by Crippen LogP contribution is 2.24. The predicted octanol–water partition coefficient (Wildman–Crippen LogP) is 3.21. The van der Waals surface area contributed by atoms with Crippen LogP contribution in [-0.4, -0.2) is 49.7 Å². The molecule has 0 spiro atoms. The number of sulfonamides is 1. The third-order valence-corrected chi connectivity index (χ3v) is 7.32. The first kappa shape index (κ1) is 19.1. The molecular weight excluding hydrogens is 416 g/mol. The van der Waals surface area contributed by atoms with Crippen LogP contribution in [0, 0.1) is 13.8 Å². The van der Waals surface area contributed by atoms with Crippen molar-refractivity contribution in [3.63, 3.8) is 0 Å². The molecule has 138 valence electrons. The van der Waals surface area contributed by atoms with Crippen LogP contribution >= 0.6 is 15.9 Å². The van der Waals surface area contributed by atoms with E-state index in [1.54, 1.807) is 24.0 Å². The van der Waals surface area contributed by atoms with Crippen molar-refractivity contribution in [3.05, 3.63) is 63.6 Å². The summed E-state index contributed by atoms with van der Waals surface area (Å²) < 4.78 is 28.2. The summed E-state index contributed by atoms with van der Waals surface area (Å²) in [5.41, 5.74) is 2.25. The van der Waals surface area contributed by atoms with E-state index in [-0.39, 0.29) is 5.91 Å². The molecule has 5 nitrogen and oxygen atoms in total. The number of carbonyl (C=O) groups is 1. The minimum atomic E-state index is -3.55. The molecule has 0 radical (unpaired) electrons. The Morgan fingerprint density at radius 3 is 2.31 bits per heavy atom. The topological polar surface area (TPSA) is 57.7 Å². The van der Waals surface area contributed by atoms with Crippen LogP contribution in [0.3, 0.4) is 0 Å². The van der Waals surface area contributed by atoms with Crippen molar-refractivity contribution >= 4 is 31.9 Å². The molecule has 7 heteroatoms. The molecule has 1 fully saturated rings. The number of piperazine rings is 1. The number of benzene rings is 2. The van der Waals surface area contributed by atoms with Gasteiger partial charge in [0.25, 0.3) is 5.91 Å². The van der Waals surface area contributed by atoms with Gasteiger partial charge in [0.1, 0.15) is 0 Å². The van der Waals surface area contributed by atoms with Gasteiger partial charge in [-0.3, -0.25) is 4.79 Å². The zero-order valence-corrected chi connectivity index (χ0v) is 17.2. The zero-order chi connectivity index (χ0) is 18.9. The van der Waals surface area contributed by atoms with E-state index >= 15 is 0 Å². The summed E-state index contributed by atoms with van der Waals surface area (Å²) in [5, 5.41) is 0. The first-order chi connectivity index (χ1) is 12.3. The van der Waals surface area contributed by atoms with Crippen LogP contribution in [0.1, 0.15) is 21.5 Å². The quantitative estimate of drug-likeness (QED) is 0.741. The molecule has 1 saturated heterocycles. The van der Waals surface area contributed by atoms with Gasteiger partial charge in [0.2, 0.25) is 10.0 Å². The van der Waals surface area contributed by atoms with Crippen LogP contribution in [-0.2, 0) is 10.0 Å². The number of carbonyl (C=O) groups excluding carboxylic acids is 1. The molecule has 0 aromatic heterocycles. The summed E-state index contributed by atoms with van der Waals surface area (Å²) in [5.74, 6) is -0.0822. The van der Waals surface area contributed by atoms with Gasteiger partial charge in [0, 0.05) is 30.7 Å². The summed E-state index contributed by atoms with van der Waals surface area (Å²) in [4.78, 5) is 14.7. The molecule has 1 aliphatic heterocycles. The molecule has 1 heterocycles. The lowest BCUT2D eigenvalue weighted by molar-refractivity contribution is 0.0697. The Morgan fingerprint density at radius 2 is 1.65 bits per heavy atom. The van der Waals surface area contributed by atoms with Crippen molar-refractivity contribution in [2.75, 3.05) is 26.2 Å². The van der Waals surface area contributed by atoms with Crippen molar-refractivity contribution in [1.29, 1.82) is 0 Å². The van der Waals surface area contributed by atoms with E-state index in [9.17, 15) is 13.2 Å². The van der Waals surface area contributed by atoms with Gasteiger partial charge in [0.05, 0.1) is 10.5 Å². The maximum absolute atomic E-state index is 13.0.